The van der Waals surface area contributed by atoms with Gasteiger partial charge < -0.3 is 4.55 Å². The van der Waals surface area contributed by atoms with Crippen LogP contribution in [0.5, 0.6) is 0 Å². The van der Waals surface area contributed by atoms with E-state index in [1.165, 1.54) is 12.1 Å². The Morgan fingerprint density at radius 3 is 2.27 bits per heavy atom. The van der Waals surface area contributed by atoms with Gasteiger partial charge in [-0.25, -0.2) is 4.21 Å². The minimum atomic E-state index is -1.91. The maximum Gasteiger partial charge on any atom is 0.186 e. The molecule has 0 spiro atoms. The summed E-state index contributed by atoms with van der Waals surface area (Å²) in [6, 6.07) is 6.32. The summed E-state index contributed by atoms with van der Waals surface area (Å²) in [5, 5.41) is 0. The minimum absolute atomic E-state index is 0.365. The van der Waals surface area contributed by atoms with Crippen LogP contribution in [0.25, 0.3) is 0 Å². The van der Waals surface area contributed by atoms with Gasteiger partial charge in [-0.15, -0.1) is 6.42 Å². The van der Waals surface area contributed by atoms with Crippen molar-refractivity contribution in [2.24, 2.45) is 0 Å². The van der Waals surface area contributed by atoms with Crippen molar-refractivity contribution in [3.05, 3.63) is 29.8 Å². The first-order valence-electron chi connectivity index (χ1n) is 2.91. The van der Waals surface area contributed by atoms with Gasteiger partial charge in [0.05, 0.1) is 4.90 Å². The number of hydrogen-bond acceptors (Lipinski definition) is 1. The molecule has 0 fully saturated rings. The first-order valence-corrected chi connectivity index (χ1v) is 4.02. The standard InChI is InChI=1S/C8H6O2S/c1-2-7-3-5-8(6-4-7)11(9)10/h1,3-6H,(H,9,10). The molecule has 0 aliphatic heterocycles. The first kappa shape index (κ1) is 7.99. The second-order valence-corrected chi connectivity index (χ2v) is 2.89. The van der Waals surface area contributed by atoms with E-state index >= 15 is 0 Å². The van der Waals surface area contributed by atoms with Gasteiger partial charge in [0.1, 0.15) is 0 Å². The van der Waals surface area contributed by atoms with E-state index in [-0.39, 0.29) is 0 Å². The lowest BCUT2D eigenvalue weighted by Crippen LogP contribution is -1.86. The number of benzene rings is 1. The lowest BCUT2D eigenvalue weighted by molar-refractivity contribution is 0.564. The number of rotatable bonds is 1. The molecule has 0 bridgehead atoms. The summed E-state index contributed by atoms with van der Waals surface area (Å²) >= 11 is -1.91. The second kappa shape index (κ2) is 3.33. The highest BCUT2D eigenvalue weighted by Crippen LogP contribution is 2.05. The molecule has 1 N–H and O–H groups in total. The van der Waals surface area contributed by atoms with E-state index in [1.54, 1.807) is 12.1 Å². The van der Waals surface area contributed by atoms with Crippen molar-refractivity contribution >= 4 is 11.1 Å². The fourth-order valence-corrected chi connectivity index (χ4v) is 1.04. The number of terminal acetylenes is 1. The average molecular weight is 166 g/mol. The van der Waals surface area contributed by atoms with Crippen molar-refractivity contribution in [3.8, 4) is 12.3 Å². The van der Waals surface area contributed by atoms with Gasteiger partial charge in [-0.2, -0.15) is 0 Å². The van der Waals surface area contributed by atoms with E-state index in [4.69, 9.17) is 11.0 Å². The molecule has 1 aromatic rings. The molecule has 0 aliphatic carbocycles. The normalized spacial score (nSPS) is 12.0. The van der Waals surface area contributed by atoms with E-state index in [0.29, 0.717) is 10.5 Å². The van der Waals surface area contributed by atoms with Crippen LogP contribution in [0.15, 0.2) is 29.2 Å². The van der Waals surface area contributed by atoms with Crippen LogP contribution in [0.1, 0.15) is 5.56 Å². The molecule has 1 rings (SSSR count). The van der Waals surface area contributed by atoms with E-state index in [1.807, 2.05) is 0 Å². The molecule has 0 amide bonds. The first-order chi connectivity index (χ1) is 5.24. The highest BCUT2D eigenvalue weighted by Gasteiger charge is 1.96. The van der Waals surface area contributed by atoms with Gasteiger partial charge in [0.25, 0.3) is 0 Å². The molecular formula is C8H6O2S. The second-order valence-electron chi connectivity index (χ2n) is 1.92. The third kappa shape index (κ3) is 1.90. The SMILES string of the molecule is C#Cc1ccc(S(=O)O)cc1. The third-order valence-corrected chi connectivity index (χ3v) is 1.90. The lowest BCUT2D eigenvalue weighted by Gasteiger charge is -1.93. The van der Waals surface area contributed by atoms with E-state index < -0.39 is 11.1 Å². The van der Waals surface area contributed by atoms with Crippen LogP contribution in [0.2, 0.25) is 0 Å². The Morgan fingerprint density at radius 1 is 1.36 bits per heavy atom. The lowest BCUT2D eigenvalue weighted by atomic mass is 10.2. The molecule has 3 heteroatoms. The monoisotopic (exact) mass is 166 g/mol. The van der Waals surface area contributed by atoms with Crippen LogP contribution in [0.4, 0.5) is 0 Å². The van der Waals surface area contributed by atoms with E-state index in [0.717, 1.165) is 0 Å². The zero-order valence-corrected chi connectivity index (χ0v) is 6.47. The topological polar surface area (TPSA) is 37.3 Å². The summed E-state index contributed by atoms with van der Waals surface area (Å²) in [5.74, 6) is 2.41. The molecule has 1 aromatic carbocycles. The maximum absolute atomic E-state index is 10.5. The summed E-state index contributed by atoms with van der Waals surface area (Å²) in [4.78, 5) is 0.365. The maximum atomic E-state index is 10.5. The third-order valence-electron chi connectivity index (χ3n) is 1.22. The van der Waals surface area contributed by atoms with Crippen molar-refractivity contribution in [1.29, 1.82) is 0 Å². The summed E-state index contributed by atoms with van der Waals surface area (Å²) in [6.45, 7) is 0. The predicted molar refractivity (Wildman–Crippen MR) is 43.4 cm³/mol. The van der Waals surface area contributed by atoms with Gasteiger partial charge in [-0.3, -0.25) is 0 Å². The molecule has 0 saturated carbocycles. The molecule has 0 aromatic heterocycles. The van der Waals surface area contributed by atoms with Crippen LogP contribution < -0.4 is 0 Å². The molecule has 0 saturated heterocycles. The highest BCUT2D eigenvalue weighted by molar-refractivity contribution is 7.79. The van der Waals surface area contributed by atoms with Gasteiger partial charge in [0, 0.05) is 5.56 Å². The fraction of sp³-hybridized carbons (Fsp3) is 0. The highest BCUT2D eigenvalue weighted by atomic mass is 32.2. The van der Waals surface area contributed by atoms with Crippen molar-refractivity contribution in [3.63, 3.8) is 0 Å². The van der Waals surface area contributed by atoms with Gasteiger partial charge in [-0.05, 0) is 24.3 Å². The smallest absolute Gasteiger partial charge is 0.186 e. The molecule has 11 heavy (non-hydrogen) atoms. The predicted octanol–water partition coefficient (Wildman–Crippen LogP) is 1.25. The van der Waals surface area contributed by atoms with Crippen molar-refractivity contribution < 1.29 is 8.76 Å². The van der Waals surface area contributed by atoms with Crippen LogP contribution >= 0.6 is 0 Å². The summed E-state index contributed by atoms with van der Waals surface area (Å²) in [5.41, 5.74) is 0.708. The molecular weight excluding hydrogens is 160 g/mol. The van der Waals surface area contributed by atoms with Gasteiger partial charge >= 0.3 is 0 Å². The molecule has 1 unspecified atom stereocenters. The van der Waals surface area contributed by atoms with Gasteiger partial charge in [-0.1, -0.05) is 5.92 Å². The van der Waals surface area contributed by atoms with Crippen molar-refractivity contribution in [1.82, 2.24) is 0 Å². The molecule has 1 atom stereocenters. The van der Waals surface area contributed by atoms with Gasteiger partial charge in [0.2, 0.25) is 0 Å². The zero-order valence-electron chi connectivity index (χ0n) is 5.65. The Balaban J connectivity index is 3.03. The Kier molecular flexibility index (Phi) is 2.42. The molecule has 2 nitrogen and oxygen atoms in total. The summed E-state index contributed by atoms with van der Waals surface area (Å²) < 4.78 is 19.1. The van der Waals surface area contributed by atoms with Gasteiger partial charge in [0.15, 0.2) is 11.1 Å². The largest absolute Gasteiger partial charge is 0.302 e. The average Bonchev–Trinajstić information content (AvgIpc) is 2.05. The Bertz CT molecular complexity index is 308. The quantitative estimate of drug-likeness (QED) is 0.503. The van der Waals surface area contributed by atoms with E-state index in [9.17, 15) is 4.21 Å². The van der Waals surface area contributed by atoms with Crippen LogP contribution in [0.3, 0.4) is 0 Å². The molecule has 0 radical (unpaired) electrons. The van der Waals surface area contributed by atoms with Crippen LogP contribution in [0, 0.1) is 12.3 Å². The van der Waals surface area contributed by atoms with Crippen LogP contribution in [-0.2, 0) is 11.1 Å². The molecule has 56 valence electrons. The minimum Gasteiger partial charge on any atom is -0.302 e. The summed E-state index contributed by atoms with van der Waals surface area (Å²) in [7, 11) is 0. The van der Waals surface area contributed by atoms with E-state index in [2.05, 4.69) is 5.92 Å². The van der Waals surface area contributed by atoms with Crippen molar-refractivity contribution in [2.45, 2.75) is 4.90 Å². The van der Waals surface area contributed by atoms with Crippen LogP contribution in [-0.4, -0.2) is 8.76 Å². The molecule has 0 heterocycles. The molecule has 0 aliphatic rings. The van der Waals surface area contributed by atoms with Crippen molar-refractivity contribution in [2.75, 3.05) is 0 Å². The fourth-order valence-electron chi connectivity index (χ4n) is 0.668. The number of hydrogen-bond donors (Lipinski definition) is 1. The Hall–Kier alpha value is -1.11. The zero-order chi connectivity index (χ0) is 8.27. The Morgan fingerprint density at radius 2 is 1.91 bits per heavy atom. The Labute approximate surface area is 67.5 Å². The summed E-state index contributed by atoms with van der Waals surface area (Å²) in [6.07, 6.45) is 5.09.